The van der Waals surface area contributed by atoms with Crippen LogP contribution in [0.2, 0.25) is 0 Å². The summed E-state index contributed by atoms with van der Waals surface area (Å²) in [6.45, 7) is 11.9. The first-order valence-electron chi connectivity index (χ1n) is 6.18. The summed E-state index contributed by atoms with van der Waals surface area (Å²) >= 11 is 0. The number of nitrogens with one attached hydrogen (secondary N) is 1. The summed E-state index contributed by atoms with van der Waals surface area (Å²) in [6.07, 6.45) is 4.03. The van der Waals surface area contributed by atoms with Gasteiger partial charge in [-0.25, -0.2) is 0 Å². The average Bonchev–Trinajstić information content (AvgIpc) is 2.00. The summed E-state index contributed by atoms with van der Waals surface area (Å²) in [6, 6.07) is 0.835. The van der Waals surface area contributed by atoms with Crippen LogP contribution in [0.1, 0.15) is 40.0 Å². The van der Waals surface area contributed by atoms with E-state index in [9.17, 15) is 0 Å². The van der Waals surface area contributed by atoms with Gasteiger partial charge in [0.1, 0.15) is 0 Å². The average molecular weight is 198 g/mol. The van der Waals surface area contributed by atoms with E-state index in [0.717, 1.165) is 12.0 Å². The molecule has 84 valence electrons. The molecule has 0 spiro atoms. The first kappa shape index (κ1) is 12.0. The molecule has 0 amide bonds. The highest BCUT2D eigenvalue weighted by atomic mass is 15.2. The van der Waals surface area contributed by atoms with Crippen molar-refractivity contribution in [3.05, 3.63) is 0 Å². The Morgan fingerprint density at radius 2 is 2.00 bits per heavy atom. The van der Waals surface area contributed by atoms with Crippen LogP contribution in [0.4, 0.5) is 0 Å². The SMILES string of the molecule is CCCN(CCCC(C)C)C1CNC1. The second-order valence-electron chi connectivity index (χ2n) is 4.88. The Kier molecular flexibility index (Phi) is 5.49. The van der Waals surface area contributed by atoms with Gasteiger partial charge in [-0.15, -0.1) is 0 Å². The standard InChI is InChI=1S/C12H26N2/c1-4-7-14(12-9-13-10-12)8-5-6-11(2)3/h11-13H,4-10H2,1-3H3. The molecule has 1 saturated heterocycles. The third kappa shape index (κ3) is 3.97. The second kappa shape index (κ2) is 6.41. The molecule has 14 heavy (non-hydrogen) atoms. The van der Waals surface area contributed by atoms with E-state index in [1.165, 1.54) is 45.4 Å². The number of hydrogen-bond donors (Lipinski definition) is 1. The number of hydrogen-bond acceptors (Lipinski definition) is 2. The Morgan fingerprint density at radius 3 is 2.43 bits per heavy atom. The van der Waals surface area contributed by atoms with Crippen molar-refractivity contribution in [1.82, 2.24) is 10.2 Å². The Labute approximate surface area is 89.1 Å². The summed E-state index contributed by atoms with van der Waals surface area (Å²) in [4.78, 5) is 2.67. The predicted molar refractivity (Wildman–Crippen MR) is 62.6 cm³/mol. The van der Waals surface area contributed by atoms with Crippen molar-refractivity contribution < 1.29 is 0 Å². The normalized spacial score (nSPS) is 17.8. The maximum absolute atomic E-state index is 3.36. The Morgan fingerprint density at radius 1 is 1.29 bits per heavy atom. The van der Waals surface area contributed by atoms with E-state index in [-0.39, 0.29) is 0 Å². The lowest BCUT2D eigenvalue weighted by Crippen LogP contribution is -2.57. The topological polar surface area (TPSA) is 15.3 Å². The van der Waals surface area contributed by atoms with E-state index >= 15 is 0 Å². The van der Waals surface area contributed by atoms with Gasteiger partial charge >= 0.3 is 0 Å². The maximum Gasteiger partial charge on any atom is 0.0345 e. The van der Waals surface area contributed by atoms with Crippen LogP contribution in [0.5, 0.6) is 0 Å². The second-order valence-corrected chi connectivity index (χ2v) is 4.88. The van der Waals surface area contributed by atoms with Crippen LogP contribution in [-0.2, 0) is 0 Å². The fraction of sp³-hybridized carbons (Fsp3) is 1.00. The Hall–Kier alpha value is -0.0800. The molecule has 2 heteroatoms. The van der Waals surface area contributed by atoms with Gasteiger partial charge in [0.05, 0.1) is 0 Å². The minimum atomic E-state index is 0.835. The molecule has 1 fully saturated rings. The van der Waals surface area contributed by atoms with Gasteiger partial charge in [0.25, 0.3) is 0 Å². The van der Waals surface area contributed by atoms with Gasteiger partial charge in [-0.05, 0) is 38.3 Å². The quantitative estimate of drug-likeness (QED) is 0.674. The molecule has 1 aliphatic heterocycles. The monoisotopic (exact) mass is 198 g/mol. The minimum Gasteiger partial charge on any atom is -0.314 e. The molecular weight excluding hydrogens is 172 g/mol. The van der Waals surface area contributed by atoms with Gasteiger partial charge in [0.15, 0.2) is 0 Å². The summed E-state index contributed by atoms with van der Waals surface area (Å²) in [5, 5.41) is 3.36. The van der Waals surface area contributed by atoms with Gasteiger partial charge in [-0.2, -0.15) is 0 Å². The lowest BCUT2D eigenvalue weighted by Gasteiger charge is -2.38. The van der Waals surface area contributed by atoms with Crippen LogP contribution in [0.15, 0.2) is 0 Å². The lowest BCUT2D eigenvalue weighted by molar-refractivity contribution is 0.141. The van der Waals surface area contributed by atoms with E-state index in [1.54, 1.807) is 0 Å². The molecular formula is C12H26N2. The van der Waals surface area contributed by atoms with E-state index in [4.69, 9.17) is 0 Å². The molecule has 1 N–H and O–H groups in total. The van der Waals surface area contributed by atoms with Crippen molar-refractivity contribution in [2.24, 2.45) is 5.92 Å². The van der Waals surface area contributed by atoms with Crippen LogP contribution in [0, 0.1) is 5.92 Å². The zero-order valence-electron chi connectivity index (χ0n) is 10.1. The molecule has 0 saturated carbocycles. The minimum absolute atomic E-state index is 0.835. The molecule has 0 aromatic heterocycles. The summed E-state index contributed by atoms with van der Waals surface area (Å²) in [5.41, 5.74) is 0. The molecule has 0 radical (unpaired) electrons. The smallest absolute Gasteiger partial charge is 0.0345 e. The molecule has 0 aliphatic carbocycles. The first-order valence-corrected chi connectivity index (χ1v) is 6.18. The summed E-state index contributed by atoms with van der Waals surface area (Å²) in [7, 11) is 0. The zero-order chi connectivity index (χ0) is 10.4. The van der Waals surface area contributed by atoms with Gasteiger partial charge in [0.2, 0.25) is 0 Å². The predicted octanol–water partition coefficient (Wildman–Crippen LogP) is 2.11. The van der Waals surface area contributed by atoms with E-state index in [2.05, 4.69) is 31.0 Å². The summed E-state index contributed by atoms with van der Waals surface area (Å²) in [5.74, 6) is 0.859. The van der Waals surface area contributed by atoms with Crippen molar-refractivity contribution in [1.29, 1.82) is 0 Å². The van der Waals surface area contributed by atoms with Crippen molar-refractivity contribution in [2.75, 3.05) is 26.2 Å². The molecule has 1 heterocycles. The highest BCUT2D eigenvalue weighted by Gasteiger charge is 2.23. The van der Waals surface area contributed by atoms with E-state index in [1.807, 2.05) is 0 Å². The van der Waals surface area contributed by atoms with E-state index < -0.39 is 0 Å². The number of nitrogens with zero attached hydrogens (tertiary/aromatic N) is 1. The number of rotatable bonds is 7. The van der Waals surface area contributed by atoms with Gasteiger partial charge < -0.3 is 5.32 Å². The van der Waals surface area contributed by atoms with Crippen molar-refractivity contribution in [3.63, 3.8) is 0 Å². The van der Waals surface area contributed by atoms with E-state index in [0.29, 0.717) is 0 Å². The highest BCUT2D eigenvalue weighted by Crippen LogP contribution is 2.10. The van der Waals surface area contributed by atoms with Gasteiger partial charge in [-0.1, -0.05) is 20.8 Å². The summed E-state index contributed by atoms with van der Waals surface area (Å²) < 4.78 is 0. The molecule has 0 aromatic carbocycles. The van der Waals surface area contributed by atoms with Crippen LogP contribution in [0.25, 0.3) is 0 Å². The third-order valence-electron chi connectivity index (χ3n) is 3.01. The molecule has 1 aliphatic rings. The Balaban J connectivity index is 2.14. The molecule has 0 atom stereocenters. The maximum atomic E-state index is 3.36. The van der Waals surface area contributed by atoms with Gasteiger partial charge in [-0.3, -0.25) is 4.90 Å². The van der Waals surface area contributed by atoms with Gasteiger partial charge in [0, 0.05) is 19.1 Å². The highest BCUT2D eigenvalue weighted by molar-refractivity contribution is 4.84. The van der Waals surface area contributed by atoms with Crippen LogP contribution < -0.4 is 5.32 Å². The Bertz CT molecular complexity index is 141. The van der Waals surface area contributed by atoms with Crippen molar-refractivity contribution in [2.45, 2.75) is 46.1 Å². The lowest BCUT2D eigenvalue weighted by atomic mass is 10.1. The van der Waals surface area contributed by atoms with Crippen molar-refractivity contribution in [3.8, 4) is 0 Å². The largest absolute Gasteiger partial charge is 0.314 e. The molecule has 1 rings (SSSR count). The first-order chi connectivity index (χ1) is 6.74. The third-order valence-corrected chi connectivity index (χ3v) is 3.01. The fourth-order valence-electron chi connectivity index (χ4n) is 2.00. The molecule has 0 bridgehead atoms. The van der Waals surface area contributed by atoms with Crippen LogP contribution >= 0.6 is 0 Å². The van der Waals surface area contributed by atoms with Crippen molar-refractivity contribution >= 4 is 0 Å². The molecule has 0 aromatic rings. The zero-order valence-corrected chi connectivity index (χ0v) is 10.1. The van der Waals surface area contributed by atoms with Crippen LogP contribution in [0.3, 0.4) is 0 Å². The fourth-order valence-corrected chi connectivity index (χ4v) is 2.00. The molecule has 2 nitrogen and oxygen atoms in total. The van der Waals surface area contributed by atoms with Crippen LogP contribution in [-0.4, -0.2) is 37.1 Å². The molecule has 0 unspecified atom stereocenters.